The van der Waals surface area contributed by atoms with Gasteiger partial charge in [-0.1, -0.05) is 40.5 Å². The fourth-order valence-corrected chi connectivity index (χ4v) is 3.22. The summed E-state index contributed by atoms with van der Waals surface area (Å²) in [6, 6.07) is 0.487. The van der Waals surface area contributed by atoms with Crippen LogP contribution in [0.3, 0.4) is 0 Å². The van der Waals surface area contributed by atoms with E-state index >= 15 is 0 Å². The Morgan fingerprint density at radius 3 is 2.05 bits per heavy atom. The second-order valence-corrected chi connectivity index (χ2v) is 7.22. The number of nitrogens with zero attached hydrogens (tertiary/aromatic N) is 2. The topological polar surface area (TPSA) is 43.8 Å². The van der Waals surface area contributed by atoms with Gasteiger partial charge in [-0.2, -0.15) is 0 Å². The van der Waals surface area contributed by atoms with Gasteiger partial charge < -0.3 is 10.0 Å². The third-order valence-electron chi connectivity index (χ3n) is 4.09. The van der Waals surface area contributed by atoms with Gasteiger partial charge in [0.15, 0.2) is 0 Å². The standard InChI is InChI=1S/C17H34N2O2/c1-14(2)11-19(12-15(3)4)17(21)13-18(9-10-20)16-7-5-6-8-16/h14-16,20H,5-13H2,1-4H3. The molecular formula is C17H34N2O2. The second-order valence-electron chi connectivity index (χ2n) is 7.22. The Hall–Kier alpha value is -0.610. The van der Waals surface area contributed by atoms with Gasteiger partial charge >= 0.3 is 0 Å². The molecule has 0 aromatic rings. The van der Waals surface area contributed by atoms with Gasteiger partial charge in [0, 0.05) is 25.7 Å². The van der Waals surface area contributed by atoms with E-state index in [0.717, 1.165) is 13.1 Å². The fourth-order valence-electron chi connectivity index (χ4n) is 3.22. The van der Waals surface area contributed by atoms with Crippen LogP contribution in [0.1, 0.15) is 53.4 Å². The molecule has 1 rings (SSSR count). The first-order valence-electron chi connectivity index (χ1n) is 8.56. The largest absolute Gasteiger partial charge is 0.395 e. The molecule has 0 spiro atoms. The second kappa shape index (κ2) is 9.42. The summed E-state index contributed by atoms with van der Waals surface area (Å²) in [7, 11) is 0. The molecular weight excluding hydrogens is 264 g/mol. The van der Waals surface area contributed by atoms with Crippen LogP contribution < -0.4 is 0 Å². The van der Waals surface area contributed by atoms with Gasteiger partial charge in [0.05, 0.1) is 13.2 Å². The summed E-state index contributed by atoms with van der Waals surface area (Å²) < 4.78 is 0. The summed E-state index contributed by atoms with van der Waals surface area (Å²) in [4.78, 5) is 16.9. The summed E-state index contributed by atoms with van der Waals surface area (Å²) in [6.45, 7) is 11.5. The highest BCUT2D eigenvalue weighted by Crippen LogP contribution is 2.23. The van der Waals surface area contributed by atoms with E-state index in [1.54, 1.807) is 0 Å². The molecule has 21 heavy (non-hydrogen) atoms. The van der Waals surface area contributed by atoms with Crippen molar-refractivity contribution in [3.8, 4) is 0 Å². The molecule has 0 unspecified atom stereocenters. The third kappa shape index (κ3) is 6.79. The van der Waals surface area contributed by atoms with Crippen LogP contribution in [0.15, 0.2) is 0 Å². The van der Waals surface area contributed by atoms with Crippen molar-refractivity contribution in [2.75, 3.05) is 32.8 Å². The van der Waals surface area contributed by atoms with E-state index in [2.05, 4.69) is 32.6 Å². The number of hydrogen-bond donors (Lipinski definition) is 1. The van der Waals surface area contributed by atoms with Crippen LogP contribution >= 0.6 is 0 Å². The minimum atomic E-state index is 0.137. The SMILES string of the molecule is CC(C)CN(CC(C)C)C(=O)CN(CCO)C1CCCC1. The minimum absolute atomic E-state index is 0.137. The van der Waals surface area contributed by atoms with E-state index in [9.17, 15) is 9.90 Å². The van der Waals surface area contributed by atoms with Crippen molar-refractivity contribution in [1.82, 2.24) is 9.80 Å². The third-order valence-corrected chi connectivity index (χ3v) is 4.09. The van der Waals surface area contributed by atoms with Crippen molar-refractivity contribution < 1.29 is 9.90 Å². The van der Waals surface area contributed by atoms with Crippen molar-refractivity contribution in [3.63, 3.8) is 0 Å². The maximum Gasteiger partial charge on any atom is 0.236 e. The highest BCUT2D eigenvalue weighted by molar-refractivity contribution is 5.78. The van der Waals surface area contributed by atoms with Crippen LogP contribution in [-0.2, 0) is 4.79 Å². The van der Waals surface area contributed by atoms with Gasteiger partial charge in [0.25, 0.3) is 0 Å². The minimum Gasteiger partial charge on any atom is -0.395 e. The Bertz CT molecular complexity index is 289. The molecule has 0 radical (unpaired) electrons. The van der Waals surface area contributed by atoms with Crippen LogP contribution in [0.25, 0.3) is 0 Å². The molecule has 1 N–H and O–H groups in total. The van der Waals surface area contributed by atoms with Crippen molar-refractivity contribution in [3.05, 3.63) is 0 Å². The van der Waals surface area contributed by atoms with Gasteiger partial charge in [0.1, 0.15) is 0 Å². The lowest BCUT2D eigenvalue weighted by Crippen LogP contribution is -2.46. The lowest BCUT2D eigenvalue weighted by molar-refractivity contribution is -0.134. The molecule has 0 bridgehead atoms. The molecule has 124 valence electrons. The normalized spacial score (nSPS) is 16.4. The van der Waals surface area contributed by atoms with Crippen LogP contribution in [0.2, 0.25) is 0 Å². The zero-order valence-corrected chi connectivity index (χ0v) is 14.3. The van der Waals surface area contributed by atoms with Gasteiger partial charge in [0.2, 0.25) is 5.91 Å². The summed E-state index contributed by atoms with van der Waals surface area (Å²) in [5, 5.41) is 9.27. The number of rotatable bonds is 9. The molecule has 4 nitrogen and oxygen atoms in total. The molecule has 1 fully saturated rings. The Kier molecular flexibility index (Phi) is 8.27. The predicted octanol–water partition coefficient (Wildman–Crippen LogP) is 2.36. The zero-order chi connectivity index (χ0) is 15.8. The summed E-state index contributed by atoms with van der Waals surface area (Å²) in [5.74, 6) is 1.20. The van der Waals surface area contributed by atoms with E-state index in [1.165, 1.54) is 25.7 Å². The molecule has 4 heteroatoms. The quantitative estimate of drug-likeness (QED) is 0.711. The van der Waals surface area contributed by atoms with E-state index in [0.29, 0.717) is 31.0 Å². The van der Waals surface area contributed by atoms with Crippen LogP contribution in [-0.4, -0.2) is 59.6 Å². The molecule has 0 saturated heterocycles. The first-order valence-corrected chi connectivity index (χ1v) is 8.56. The van der Waals surface area contributed by atoms with Crippen molar-refractivity contribution in [2.45, 2.75) is 59.4 Å². The lowest BCUT2D eigenvalue weighted by atomic mass is 10.1. The highest BCUT2D eigenvalue weighted by Gasteiger charge is 2.26. The summed E-state index contributed by atoms with van der Waals surface area (Å²) in [5.41, 5.74) is 0. The van der Waals surface area contributed by atoms with Crippen LogP contribution in [0.5, 0.6) is 0 Å². The van der Waals surface area contributed by atoms with Crippen LogP contribution in [0.4, 0.5) is 0 Å². The number of aliphatic hydroxyl groups excluding tert-OH is 1. The monoisotopic (exact) mass is 298 g/mol. The van der Waals surface area contributed by atoms with E-state index in [4.69, 9.17) is 0 Å². The number of amides is 1. The fraction of sp³-hybridized carbons (Fsp3) is 0.941. The maximum absolute atomic E-state index is 12.7. The van der Waals surface area contributed by atoms with E-state index < -0.39 is 0 Å². The number of hydrogen-bond acceptors (Lipinski definition) is 3. The lowest BCUT2D eigenvalue weighted by Gasteiger charge is -2.32. The van der Waals surface area contributed by atoms with Gasteiger partial charge in [-0.05, 0) is 24.7 Å². The van der Waals surface area contributed by atoms with E-state index in [-0.39, 0.29) is 12.5 Å². The molecule has 0 aliphatic heterocycles. The smallest absolute Gasteiger partial charge is 0.236 e. The molecule has 1 saturated carbocycles. The average molecular weight is 298 g/mol. The molecule has 0 aromatic heterocycles. The molecule has 1 aliphatic carbocycles. The number of aliphatic hydroxyl groups is 1. The molecule has 0 aromatic carbocycles. The number of carbonyl (C=O) groups is 1. The Morgan fingerprint density at radius 1 is 1.10 bits per heavy atom. The summed E-state index contributed by atoms with van der Waals surface area (Å²) >= 11 is 0. The van der Waals surface area contributed by atoms with Gasteiger partial charge in [-0.15, -0.1) is 0 Å². The highest BCUT2D eigenvalue weighted by atomic mass is 16.3. The van der Waals surface area contributed by atoms with Crippen molar-refractivity contribution in [1.29, 1.82) is 0 Å². The van der Waals surface area contributed by atoms with Gasteiger partial charge in [-0.3, -0.25) is 9.69 Å². The van der Waals surface area contributed by atoms with Crippen molar-refractivity contribution >= 4 is 5.91 Å². The van der Waals surface area contributed by atoms with E-state index in [1.807, 2.05) is 4.90 Å². The van der Waals surface area contributed by atoms with Crippen molar-refractivity contribution in [2.24, 2.45) is 11.8 Å². The molecule has 1 aliphatic rings. The first-order chi connectivity index (χ1) is 9.93. The average Bonchev–Trinajstić information content (AvgIpc) is 2.90. The van der Waals surface area contributed by atoms with Gasteiger partial charge in [-0.25, -0.2) is 0 Å². The Balaban J connectivity index is 2.62. The predicted molar refractivity (Wildman–Crippen MR) is 87.2 cm³/mol. The van der Waals surface area contributed by atoms with Crippen LogP contribution in [0, 0.1) is 11.8 Å². The first kappa shape index (κ1) is 18.4. The molecule has 0 heterocycles. The summed E-state index contributed by atoms with van der Waals surface area (Å²) in [6.07, 6.45) is 4.84. The number of carbonyl (C=O) groups excluding carboxylic acids is 1. The molecule has 0 atom stereocenters. The molecule has 1 amide bonds. The maximum atomic E-state index is 12.7. The zero-order valence-electron chi connectivity index (χ0n) is 14.3. The Labute approximate surface area is 130 Å². The Morgan fingerprint density at radius 2 is 1.62 bits per heavy atom.